The van der Waals surface area contributed by atoms with Gasteiger partial charge in [0, 0.05) is 37.3 Å². The number of nitrogens with two attached hydrogens (primary N) is 1. The summed E-state index contributed by atoms with van der Waals surface area (Å²) in [6.07, 6.45) is 0. The van der Waals surface area contributed by atoms with Gasteiger partial charge >= 0.3 is 0 Å². The molecule has 1 aromatic rings. The van der Waals surface area contributed by atoms with Crippen LogP contribution in [0.2, 0.25) is 0 Å². The molecule has 1 aromatic carbocycles. The molecule has 6 heteroatoms. The highest BCUT2D eigenvalue weighted by Crippen LogP contribution is 2.23. The molecule has 98 valence electrons. The number of benzene rings is 1. The van der Waals surface area contributed by atoms with E-state index < -0.39 is 0 Å². The van der Waals surface area contributed by atoms with E-state index in [0.717, 1.165) is 0 Å². The molecule has 0 aromatic heterocycles. The zero-order valence-electron chi connectivity index (χ0n) is 10.8. The van der Waals surface area contributed by atoms with Crippen LogP contribution in [-0.2, 0) is 0 Å². The third-order valence-corrected chi connectivity index (χ3v) is 3.31. The summed E-state index contributed by atoms with van der Waals surface area (Å²) in [6, 6.07) is 3.23. The van der Waals surface area contributed by atoms with Crippen molar-refractivity contribution in [3.63, 3.8) is 0 Å². The fraction of sp³-hybridized carbons (Fsp3) is 0.333. The van der Waals surface area contributed by atoms with Gasteiger partial charge in [0.15, 0.2) is 0 Å². The fourth-order valence-electron chi connectivity index (χ4n) is 1.42. The largest absolute Gasteiger partial charge is 0.397 e. The highest BCUT2D eigenvalue weighted by molar-refractivity contribution is 14.1. The maximum Gasteiger partial charge on any atom is 0.255 e. The number of hydrogen-bond acceptors (Lipinski definition) is 3. The Bertz CT molecular complexity index is 498. The Morgan fingerprint density at radius 1 is 1.06 bits per heavy atom. The van der Waals surface area contributed by atoms with Crippen molar-refractivity contribution in [1.82, 2.24) is 9.80 Å². The lowest BCUT2D eigenvalue weighted by Gasteiger charge is -2.16. The molecule has 0 radical (unpaired) electrons. The van der Waals surface area contributed by atoms with E-state index in [1.807, 2.05) is 22.6 Å². The van der Waals surface area contributed by atoms with Crippen LogP contribution < -0.4 is 5.73 Å². The Balaban J connectivity index is 3.36. The molecule has 2 amide bonds. The SMILES string of the molecule is CN(C)C(=O)c1cc(I)c(N)c(C(=O)N(C)C)c1. The van der Waals surface area contributed by atoms with Crippen LogP contribution in [0.3, 0.4) is 0 Å². The first-order chi connectivity index (χ1) is 8.25. The van der Waals surface area contributed by atoms with Gasteiger partial charge in [0.2, 0.25) is 0 Å². The standard InChI is InChI=1S/C12H16IN3O2/c1-15(2)11(17)7-5-8(12(18)16(3)4)10(14)9(13)6-7/h5-6H,14H2,1-4H3. The molecule has 5 nitrogen and oxygen atoms in total. The van der Waals surface area contributed by atoms with Gasteiger partial charge in [0.05, 0.1) is 11.3 Å². The van der Waals surface area contributed by atoms with E-state index in [1.54, 1.807) is 40.3 Å². The molecule has 0 unspecified atom stereocenters. The van der Waals surface area contributed by atoms with Crippen LogP contribution in [-0.4, -0.2) is 49.8 Å². The summed E-state index contributed by atoms with van der Waals surface area (Å²) in [6.45, 7) is 0. The molecule has 0 bridgehead atoms. The molecule has 0 spiro atoms. The molecule has 0 atom stereocenters. The normalized spacial score (nSPS) is 10.1. The minimum atomic E-state index is -0.209. The average molecular weight is 361 g/mol. The Kier molecular flexibility index (Phi) is 4.55. The smallest absolute Gasteiger partial charge is 0.255 e. The first-order valence-electron chi connectivity index (χ1n) is 5.28. The molecule has 0 aliphatic carbocycles. The lowest BCUT2D eigenvalue weighted by atomic mass is 10.1. The minimum Gasteiger partial charge on any atom is -0.397 e. The van der Waals surface area contributed by atoms with Crippen LogP contribution in [0.4, 0.5) is 5.69 Å². The number of carbonyl (C=O) groups excluding carboxylic acids is 2. The third-order valence-electron chi connectivity index (χ3n) is 2.42. The summed E-state index contributed by atoms with van der Waals surface area (Å²) in [4.78, 5) is 26.8. The van der Waals surface area contributed by atoms with E-state index in [1.165, 1.54) is 9.80 Å². The molecule has 0 saturated heterocycles. The van der Waals surface area contributed by atoms with Gasteiger partial charge in [-0.25, -0.2) is 0 Å². The summed E-state index contributed by atoms with van der Waals surface area (Å²) < 4.78 is 0.700. The Morgan fingerprint density at radius 3 is 2.00 bits per heavy atom. The molecule has 0 aliphatic rings. The highest BCUT2D eigenvalue weighted by atomic mass is 127. The Morgan fingerprint density at radius 2 is 1.56 bits per heavy atom. The van der Waals surface area contributed by atoms with Gasteiger partial charge in [-0.05, 0) is 34.7 Å². The van der Waals surface area contributed by atoms with Crippen LogP contribution in [0.1, 0.15) is 20.7 Å². The Hall–Kier alpha value is -1.31. The summed E-state index contributed by atoms with van der Waals surface area (Å²) >= 11 is 2.02. The number of halogens is 1. The van der Waals surface area contributed by atoms with E-state index in [9.17, 15) is 9.59 Å². The van der Waals surface area contributed by atoms with Crippen molar-refractivity contribution in [2.24, 2.45) is 0 Å². The van der Waals surface area contributed by atoms with Crippen molar-refractivity contribution in [2.75, 3.05) is 33.9 Å². The van der Waals surface area contributed by atoms with Crippen molar-refractivity contribution in [3.05, 3.63) is 26.8 Å². The number of nitrogen functional groups attached to an aromatic ring is 1. The molecule has 0 saturated carbocycles. The number of carbonyl (C=O) groups is 2. The first-order valence-corrected chi connectivity index (χ1v) is 6.36. The van der Waals surface area contributed by atoms with Gasteiger partial charge in [-0.15, -0.1) is 0 Å². The second kappa shape index (κ2) is 5.55. The van der Waals surface area contributed by atoms with Crippen molar-refractivity contribution in [1.29, 1.82) is 0 Å². The highest BCUT2D eigenvalue weighted by Gasteiger charge is 2.18. The summed E-state index contributed by atoms with van der Waals surface area (Å²) in [5, 5.41) is 0. The van der Waals surface area contributed by atoms with E-state index in [2.05, 4.69) is 0 Å². The van der Waals surface area contributed by atoms with Crippen molar-refractivity contribution in [2.45, 2.75) is 0 Å². The van der Waals surface area contributed by atoms with Gasteiger partial charge in [0.1, 0.15) is 0 Å². The molecule has 0 fully saturated rings. The van der Waals surface area contributed by atoms with Crippen LogP contribution in [0.5, 0.6) is 0 Å². The second-order valence-corrected chi connectivity index (χ2v) is 5.48. The van der Waals surface area contributed by atoms with Gasteiger partial charge in [-0.3, -0.25) is 9.59 Å². The number of amides is 2. The molecular weight excluding hydrogens is 345 g/mol. The molecule has 18 heavy (non-hydrogen) atoms. The van der Waals surface area contributed by atoms with E-state index in [-0.39, 0.29) is 11.8 Å². The van der Waals surface area contributed by atoms with Gasteiger partial charge in [-0.1, -0.05) is 0 Å². The molecule has 2 N–H and O–H groups in total. The van der Waals surface area contributed by atoms with Crippen LogP contribution in [0.15, 0.2) is 12.1 Å². The Labute approximate surface area is 120 Å². The summed E-state index contributed by atoms with van der Waals surface area (Å²) in [7, 11) is 6.63. The van der Waals surface area contributed by atoms with Crippen LogP contribution >= 0.6 is 22.6 Å². The van der Waals surface area contributed by atoms with Crippen molar-refractivity contribution in [3.8, 4) is 0 Å². The third kappa shape index (κ3) is 2.92. The van der Waals surface area contributed by atoms with E-state index in [0.29, 0.717) is 20.4 Å². The molecule has 0 heterocycles. The average Bonchev–Trinajstić information content (AvgIpc) is 2.30. The lowest BCUT2D eigenvalue weighted by Crippen LogP contribution is -2.25. The zero-order valence-corrected chi connectivity index (χ0v) is 13.0. The fourth-order valence-corrected chi connectivity index (χ4v) is 2.04. The number of hydrogen-bond donors (Lipinski definition) is 1. The van der Waals surface area contributed by atoms with Crippen LogP contribution in [0.25, 0.3) is 0 Å². The van der Waals surface area contributed by atoms with Crippen molar-refractivity contribution >= 4 is 40.1 Å². The van der Waals surface area contributed by atoms with Crippen LogP contribution in [0, 0.1) is 3.57 Å². The topological polar surface area (TPSA) is 66.6 Å². The van der Waals surface area contributed by atoms with Gasteiger partial charge in [-0.2, -0.15) is 0 Å². The number of anilines is 1. The lowest BCUT2D eigenvalue weighted by molar-refractivity contribution is 0.0826. The van der Waals surface area contributed by atoms with Crippen molar-refractivity contribution < 1.29 is 9.59 Å². The van der Waals surface area contributed by atoms with Gasteiger partial charge < -0.3 is 15.5 Å². The molecular formula is C12H16IN3O2. The molecule has 1 rings (SSSR count). The number of nitrogens with zero attached hydrogens (tertiary/aromatic N) is 2. The van der Waals surface area contributed by atoms with E-state index in [4.69, 9.17) is 5.73 Å². The quantitative estimate of drug-likeness (QED) is 0.638. The monoisotopic (exact) mass is 361 g/mol. The van der Waals surface area contributed by atoms with Gasteiger partial charge in [0.25, 0.3) is 11.8 Å². The zero-order chi connectivity index (χ0) is 14.0. The predicted octanol–water partition coefficient (Wildman–Crippen LogP) is 1.28. The second-order valence-electron chi connectivity index (χ2n) is 4.32. The predicted molar refractivity (Wildman–Crippen MR) is 79.6 cm³/mol. The maximum atomic E-state index is 12.0. The molecule has 0 aliphatic heterocycles. The first kappa shape index (κ1) is 14.7. The maximum absolute atomic E-state index is 12.0. The summed E-state index contributed by atoms with van der Waals surface area (Å²) in [5.41, 5.74) is 7.11. The number of rotatable bonds is 2. The minimum absolute atomic E-state index is 0.152. The van der Waals surface area contributed by atoms with E-state index >= 15 is 0 Å². The summed E-state index contributed by atoms with van der Waals surface area (Å²) in [5.74, 6) is -0.362.